The molecule has 10 heteroatoms. The van der Waals surface area contributed by atoms with Crippen LogP contribution in [0.4, 0.5) is 0 Å². The lowest BCUT2D eigenvalue weighted by molar-refractivity contribution is -0.131. The fraction of sp³-hybridized carbons (Fsp3) is 0.429. The summed E-state index contributed by atoms with van der Waals surface area (Å²) in [5, 5.41) is 6.82. The molecule has 0 unspecified atom stereocenters. The van der Waals surface area contributed by atoms with Crippen LogP contribution in [-0.2, 0) is 32.6 Å². The van der Waals surface area contributed by atoms with Gasteiger partial charge < -0.3 is 5.32 Å². The monoisotopic (exact) mass is 481 g/mol. The van der Waals surface area contributed by atoms with Crippen molar-refractivity contribution in [3.05, 3.63) is 56.6 Å². The van der Waals surface area contributed by atoms with E-state index in [-0.39, 0.29) is 18.7 Å². The number of nitrogens with zero attached hydrogens (tertiary/aromatic N) is 2. The van der Waals surface area contributed by atoms with E-state index in [4.69, 9.17) is 0 Å². The Balaban J connectivity index is 1.83. The molecule has 31 heavy (non-hydrogen) atoms. The van der Waals surface area contributed by atoms with Gasteiger partial charge in [-0.15, -0.1) is 22.7 Å². The van der Waals surface area contributed by atoms with Gasteiger partial charge in [-0.2, -0.15) is 8.42 Å². The van der Waals surface area contributed by atoms with Gasteiger partial charge in [-0.25, -0.2) is 8.61 Å². The normalized spacial score (nSPS) is 16.3. The van der Waals surface area contributed by atoms with E-state index in [1.165, 1.54) is 28.9 Å². The van der Waals surface area contributed by atoms with Gasteiger partial charge in [0.15, 0.2) is 0 Å². The van der Waals surface area contributed by atoms with E-state index in [1.807, 2.05) is 35.0 Å². The second-order valence-corrected chi connectivity index (χ2v) is 11.5. The number of amides is 2. The van der Waals surface area contributed by atoms with E-state index in [0.29, 0.717) is 25.3 Å². The molecule has 0 radical (unpaired) electrons. The number of carbonyl (C=O) groups is 2. The Morgan fingerprint density at radius 3 is 1.90 bits per heavy atom. The molecule has 168 valence electrons. The molecule has 0 spiro atoms. The lowest BCUT2D eigenvalue weighted by Crippen LogP contribution is -2.57. The summed E-state index contributed by atoms with van der Waals surface area (Å²) in [6, 6.07) is 7.56. The number of thiophene rings is 2. The molecule has 1 fully saturated rings. The molecular weight excluding hydrogens is 454 g/mol. The first-order valence-corrected chi connectivity index (χ1v) is 13.3. The summed E-state index contributed by atoms with van der Waals surface area (Å²) in [6.45, 7) is 4.74. The molecule has 3 rings (SSSR count). The van der Waals surface area contributed by atoms with Crippen molar-refractivity contribution in [3.8, 4) is 0 Å². The summed E-state index contributed by atoms with van der Waals surface area (Å²) in [5.74, 6) is -1.08. The Kier molecular flexibility index (Phi) is 7.90. The van der Waals surface area contributed by atoms with Crippen LogP contribution in [0.2, 0.25) is 0 Å². The maximum atomic E-state index is 13.2. The Bertz CT molecular complexity index is 946. The zero-order valence-electron chi connectivity index (χ0n) is 17.6. The van der Waals surface area contributed by atoms with Crippen LogP contribution in [0.15, 0.2) is 46.8 Å². The first kappa shape index (κ1) is 23.5. The quantitative estimate of drug-likeness (QED) is 0.320. The van der Waals surface area contributed by atoms with Crippen LogP contribution in [0.5, 0.6) is 0 Å². The molecule has 1 saturated heterocycles. The fourth-order valence-electron chi connectivity index (χ4n) is 3.13. The van der Waals surface area contributed by atoms with Gasteiger partial charge in [0, 0.05) is 48.4 Å². The van der Waals surface area contributed by atoms with Crippen molar-refractivity contribution in [2.75, 3.05) is 19.6 Å². The topological polar surface area (TPSA) is 86.8 Å². The highest BCUT2D eigenvalue weighted by molar-refractivity contribution is 7.88. The van der Waals surface area contributed by atoms with E-state index in [9.17, 15) is 18.0 Å². The third-order valence-electron chi connectivity index (χ3n) is 4.87. The van der Waals surface area contributed by atoms with Gasteiger partial charge in [-0.1, -0.05) is 26.0 Å². The van der Waals surface area contributed by atoms with E-state index in [2.05, 4.69) is 19.2 Å². The molecule has 1 aliphatic heterocycles. The molecule has 3 heterocycles. The fourth-order valence-corrected chi connectivity index (χ4v) is 6.02. The average Bonchev–Trinajstić information content (AvgIpc) is 3.40. The van der Waals surface area contributed by atoms with Gasteiger partial charge >= 0.3 is 10.2 Å². The molecule has 0 atom stereocenters. The summed E-state index contributed by atoms with van der Waals surface area (Å²) >= 11 is 3.01. The smallest absolute Gasteiger partial charge is 0.331 e. The maximum absolute atomic E-state index is 13.2. The van der Waals surface area contributed by atoms with Crippen LogP contribution in [0.3, 0.4) is 0 Å². The molecule has 7 nitrogen and oxygen atoms in total. The molecule has 1 N–H and O–H groups in total. The first-order valence-electron chi connectivity index (χ1n) is 10.2. The highest BCUT2D eigenvalue weighted by atomic mass is 32.2. The molecule has 2 amide bonds. The predicted octanol–water partition coefficient (Wildman–Crippen LogP) is 3.03. The zero-order chi connectivity index (χ0) is 22.4. The van der Waals surface area contributed by atoms with Crippen molar-refractivity contribution in [2.45, 2.75) is 33.1 Å². The van der Waals surface area contributed by atoms with Crippen molar-refractivity contribution in [3.63, 3.8) is 0 Å². The Morgan fingerprint density at radius 2 is 1.48 bits per heavy atom. The van der Waals surface area contributed by atoms with E-state index < -0.39 is 22.0 Å². The summed E-state index contributed by atoms with van der Waals surface area (Å²) in [7, 11) is -4.24. The third-order valence-corrected chi connectivity index (χ3v) is 8.55. The van der Waals surface area contributed by atoms with Crippen LogP contribution in [0.25, 0.3) is 0 Å². The third kappa shape index (κ3) is 5.75. The number of hydrogen-bond acceptors (Lipinski definition) is 7. The van der Waals surface area contributed by atoms with Crippen molar-refractivity contribution in [2.24, 2.45) is 5.92 Å². The lowest BCUT2D eigenvalue weighted by atomic mass is 10.1. The number of nitrogens with one attached hydrogen (secondary N) is 1. The molecule has 0 bridgehead atoms. The standard InChI is InChI=1S/C21H27N3O4S3/c1-16(2)7-10-22-15-19-20(25)23(11-8-17-5-3-13-29-17)31(27,28)24(21(19)26)12-9-18-6-4-14-30-18/h3-6,13-16,22H,7-12H2,1-2H3. The molecule has 2 aromatic heterocycles. The van der Waals surface area contributed by atoms with Crippen molar-refractivity contribution >= 4 is 44.7 Å². The molecule has 0 saturated carbocycles. The van der Waals surface area contributed by atoms with Gasteiger partial charge in [0.1, 0.15) is 5.57 Å². The molecule has 0 aromatic carbocycles. The van der Waals surface area contributed by atoms with Crippen molar-refractivity contribution in [1.29, 1.82) is 0 Å². The maximum Gasteiger partial charge on any atom is 0.331 e. The minimum Gasteiger partial charge on any atom is -0.390 e. The SMILES string of the molecule is CC(C)CCNC=C1C(=O)N(CCc2cccs2)S(=O)(=O)N(CCc2cccs2)C1=O. The molecule has 1 aliphatic rings. The van der Waals surface area contributed by atoms with Gasteiger partial charge in [-0.05, 0) is 35.2 Å². The van der Waals surface area contributed by atoms with Crippen LogP contribution in [0, 0.1) is 5.92 Å². The Labute approximate surface area is 191 Å². The number of hydrogen-bond donors (Lipinski definition) is 1. The second-order valence-electron chi connectivity index (χ2n) is 7.62. The first-order chi connectivity index (χ1) is 14.8. The summed E-state index contributed by atoms with van der Waals surface area (Å²) in [5.41, 5.74) is -0.143. The largest absolute Gasteiger partial charge is 0.390 e. The second kappa shape index (κ2) is 10.4. The average molecular weight is 482 g/mol. The van der Waals surface area contributed by atoms with Crippen LogP contribution in [0.1, 0.15) is 30.0 Å². The number of carbonyl (C=O) groups excluding carboxylic acids is 2. The molecule has 0 aliphatic carbocycles. The predicted molar refractivity (Wildman–Crippen MR) is 124 cm³/mol. The minimum absolute atomic E-state index is 0.00615. The molecular formula is C21H27N3O4S3. The van der Waals surface area contributed by atoms with Crippen molar-refractivity contribution < 1.29 is 18.0 Å². The molecule has 2 aromatic rings. The van der Waals surface area contributed by atoms with Crippen LogP contribution >= 0.6 is 22.7 Å². The van der Waals surface area contributed by atoms with Gasteiger partial charge in [-0.3, -0.25) is 9.59 Å². The van der Waals surface area contributed by atoms with E-state index in [0.717, 1.165) is 24.8 Å². The van der Waals surface area contributed by atoms with Gasteiger partial charge in [0.05, 0.1) is 0 Å². The summed E-state index contributed by atoms with van der Waals surface area (Å²) in [6.07, 6.45) is 3.06. The number of rotatable bonds is 10. The summed E-state index contributed by atoms with van der Waals surface area (Å²) in [4.78, 5) is 28.0. The van der Waals surface area contributed by atoms with Gasteiger partial charge in [0.2, 0.25) is 0 Å². The van der Waals surface area contributed by atoms with E-state index in [1.54, 1.807) is 0 Å². The summed E-state index contributed by atoms with van der Waals surface area (Å²) < 4.78 is 28.0. The Hall–Kier alpha value is -2.17. The lowest BCUT2D eigenvalue weighted by Gasteiger charge is -2.35. The van der Waals surface area contributed by atoms with Gasteiger partial charge in [0.25, 0.3) is 11.8 Å². The minimum atomic E-state index is -4.24. The zero-order valence-corrected chi connectivity index (χ0v) is 20.1. The Morgan fingerprint density at radius 1 is 0.968 bits per heavy atom. The highest BCUT2D eigenvalue weighted by Crippen LogP contribution is 2.24. The van der Waals surface area contributed by atoms with Crippen LogP contribution < -0.4 is 5.32 Å². The van der Waals surface area contributed by atoms with Crippen molar-refractivity contribution in [1.82, 2.24) is 13.9 Å². The highest BCUT2D eigenvalue weighted by Gasteiger charge is 2.46. The van der Waals surface area contributed by atoms with E-state index >= 15 is 0 Å². The van der Waals surface area contributed by atoms with Crippen LogP contribution in [-0.4, -0.2) is 48.5 Å².